The van der Waals surface area contributed by atoms with Crippen LogP contribution < -0.4 is 5.32 Å². The average Bonchev–Trinajstić information content (AvgIpc) is 2.52. The molecule has 3 nitrogen and oxygen atoms in total. The fourth-order valence-electron chi connectivity index (χ4n) is 2.00. The second-order valence-electron chi connectivity index (χ2n) is 4.57. The first-order valence-corrected chi connectivity index (χ1v) is 6.82. The molecule has 0 fully saturated rings. The largest absolute Gasteiger partial charge is 0.379 e. The summed E-state index contributed by atoms with van der Waals surface area (Å²) in [5.74, 6) is -0.420. The molecule has 0 amide bonds. The van der Waals surface area contributed by atoms with E-state index in [9.17, 15) is 4.39 Å². The van der Waals surface area contributed by atoms with Crippen molar-refractivity contribution in [1.29, 1.82) is 5.26 Å². The maximum Gasteiger partial charge on any atom is 0.147 e. The third-order valence-electron chi connectivity index (χ3n) is 3.15. The molecule has 0 unspecified atom stereocenters. The number of anilines is 1. The maximum absolute atomic E-state index is 13.8. The van der Waals surface area contributed by atoms with E-state index in [-0.39, 0.29) is 0 Å². The predicted octanol–water partition coefficient (Wildman–Crippen LogP) is 3.85. The quantitative estimate of drug-likeness (QED) is 0.876. The molecule has 0 radical (unpaired) electrons. The van der Waals surface area contributed by atoms with Crippen molar-refractivity contribution in [3.05, 3.63) is 65.0 Å². The van der Waals surface area contributed by atoms with Gasteiger partial charge in [-0.05, 0) is 36.2 Å². The van der Waals surface area contributed by atoms with Crippen molar-refractivity contribution in [3.63, 3.8) is 0 Å². The van der Waals surface area contributed by atoms with Crippen molar-refractivity contribution in [2.24, 2.45) is 0 Å². The number of hydrogen-bond donors (Lipinski definition) is 1. The zero-order valence-electron chi connectivity index (χ0n) is 11.9. The Hall–Kier alpha value is -2.38. The number of ether oxygens (including phenoxy) is 1. The van der Waals surface area contributed by atoms with Gasteiger partial charge in [0.15, 0.2) is 0 Å². The van der Waals surface area contributed by atoms with Crippen LogP contribution in [0.25, 0.3) is 0 Å². The molecule has 0 aromatic heterocycles. The lowest BCUT2D eigenvalue weighted by atomic mass is 10.1. The van der Waals surface area contributed by atoms with Gasteiger partial charge in [0.05, 0.1) is 23.9 Å². The second kappa shape index (κ2) is 7.41. The summed E-state index contributed by atoms with van der Waals surface area (Å²) in [4.78, 5) is 0. The minimum absolute atomic E-state index is 0.315. The molecule has 0 aliphatic heterocycles. The fourth-order valence-corrected chi connectivity index (χ4v) is 2.00. The summed E-state index contributed by atoms with van der Waals surface area (Å²) in [7, 11) is 0. The van der Waals surface area contributed by atoms with Crippen LogP contribution in [0.5, 0.6) is 0 Å². The van der Waals surface area contributed by atoms with E-state index in [1.165, 1.54) is 6.07 Å². The van der Waals surface area contributed by atoms with Crippen LogP contribution in [0, 0.1) is 17.1 Å². The van der Waals surface area contributed by atoms with Gasteiger partial charge in [0.2, 0.25) is 0 Å². The molecule has 0 bridgehead atoms. The van der Waals surface area contributed by atoms with Crippen LogP contribution in [0.4, 0.5) is 10.1 Å². The molecule has 1 N–H and O–H groups in total. The Morgan fingerprint density at radius 3 is 2.62 bits per heavy atom. The molecule has 21 heavy (non-hydrogen) atoms. The van der Waals surface area contributed by atoms with Gasteiger partial charge in [-0.1, -0.05) is 24.3 Å². The zero-order chi connectivity index (χ0) is 15.1. The number of halogens is 1. The Morgan fingerprint density at radius 1 is 1.19 bits per heavy atom. The number of hydrogen-bond acceptors (Lipinski definition) is 3. The smallest absolute Gasteiger partial charge is 0.147 e. The molecular weight excluding hydrogens is 267 g/mol. The highest BCUT2D eigenvalue weighted by Gasteiger charge is 2.05. The molecule has 0 aliphatic rings. The molecule has 2 aromatic carbocycles. The first kappa shape index (κ1) is 15.0. The summed E-state index contributed by atoms with van der Waals surface area (Å²) in [6.07, 6.45) is 0. The average molecular weight is 284 g/mol. The van der Waals surface area contributed by atoms with E-state index in [0.29, 0.717) is 31.0 Å². The van der Waals surface area contributed by atoms with Crippen molar-refractivity contribution in [1.82, 2.24) is 0 Å². The molecule has 0 aliphatic carbocycles. The minimum atomic E-state index is -0.420. The molecule has 0 heterocycles. The van der Waals surface area contributed by atoms with Crippen molar-refractivity contribution in [2.45, 2.75) is 20.1 Å². The van der Waals surface area contributed by atoms with Crippen LogP contribution in [-0.4, -0.2) is 6.61 Å². The van der Waals surface area contributed by atoms with E-state index >= 15 is 0 Å². The second-order valence-corrected chi connectivity index (χ2v) is 4.57. The summed E-state index contributed by atoms with van der Waals surface area (Å²) in [6.45, 7) is 3.66. The third kappa shape index (κ3) is 4.04. The summed E-state index contributed by atoms with van der Waals surface area (Å²) < 4.78 is 19.2. The molecule has 2 rings (SSSR count). The number of nitrogens with zero attached hydrogens (tertiary/aromatic N) is 1. The molecule has 108 valence electrons. The molecule has 0 saturated carbocycles. The summed E-state index contributed by atoms with van der Waals surface area (Å²) in [5, 5.41) is 11.8. The lowest BCUT2D eigenvalue weighted by Crippen LogP contribution is -2.05. The molecule has 2 aromatic rings. The molecule has 4 heteroatoms. The van der Waals surface area contributed by atoms with Crippen LogP contribution in [0.2, 0.25) is 0 Å². The van der Waals surface area contributed by atoms with Crippen LogP contribution in [0.1, 0.15) is 23.6 Å². The van der Waals surface area contributed by atoms with E-state index in [4.69, 9.17) is 10.00 Å². The number of rotatable bonds is 6. The van der Waals surface area contributed by atoms with Crippen molar-refractivity contribution >= 4 is 5.69 Å². The van der Waals surface area contributed by atoms with Gasteiger partial charge in [-0.3, -0.25) is 0 Å². The molecular formula is C17H17FN2O. The Kier molecular flexibility index (Phi) is 5.30. The normalized spacial score (nSPS) is 10.1. The van der Waals surface area contributed by atoms with Crippen LogP contribution in [0.3, 0.4) is 0 Å². The summed E-state index contributed by atoms with van der Waals surface area (Å²) >= 11 is 0. The highest BCUT2D eigenvalue weighted by Crippen LogP contribution is 2.18. The van der Waals surface area contributed by atoms with Gasteiger partial charge in [-0.15, -0.1) is 0 Å². The number of nitrogens with one attached hydrogen (secondary N) is 1. The highest BCUT2D eigenvalue weighted by atomic mass is 19.1. The van der Waals surface area contributed by atoms with Gasteiger partial charge in [-0.2, -0.15) is 5.26 Å². The fraction of sp³-hybridized carbons (Fsp3) is 0.235. The molecule has 0 spiro atoms. The van der Waals surface area contributed by atoms with E-state index < -0.39 is 5.82 Å². The highest BCUT2D eigenvalue weighted by molar-refractivity contribution is 5.49. The lowest BCUT2D eigenvalue weighted by Gasteiger charge is -2.12. The SMILES string of the molecule is CCOCc1ccccc1CNc1ccc(C#N)cc1F. The van der Waals surface area contributed by atoms with Gasteiger partial charge in [0.1, 0.15) is 5.82 Å². The maximum atomic E-state index is 13.8. The first-order valence-electron chi connectivity index (χ1n) is 6.82. The zero-order valence-corrected chi connectivity index (χ0v) is 11.9. The van der Waals surface area contributed by atoms with Crippen molar-refractivity contribution < 1.29 is 9.13 Å². The first-order chi connectivity index (χ1) is 10.2. The monoisotopic (exact) mass is 284 g/mol. The number of nitriles is 1. The van der Waals surface area contributed by atoms with Gasteiger partial charge < -0.3 is 10.1 Å². The molecule has 0 saturated heterocycles. The topological polar surface area (TPSA) is 45.0 Å². The van der Waals surface area contributed by atoms with E-state index in [0.717, 1.165) is 11.1 Å². The van der Waals surface area contributed by atoms with Crippen LogP contribution in [-0.2, 0) is 17.9 Å². The number of benzene rings is 2. The van der Waals surface area contributed by atoms with Gasteiger partial charge in [0.25, 0.3) is 0 Å². The van der Waals surface area contributed by atoms with Gasteiger partial charge >= 0.3 is 0 Å². The minimum Gasteiger partial charge on any atom is -0.379 e. The van der Waals surface area contributed by atoms with E-state index in [1.807, 2.05) is 37.3 Å². The Morgan fingerprint density at radius 2 is 1.95 bits per heavy atom. The van der Waals surface area contributed by atoms with E-state index in [1.54, 1.807) is 12.1 Å². The van der Waals surface area contributed by atoms with Crippen LogP contribution >= 0.6 is 0 Å². The standard InChI is InChI=1S/C17H17FN2O/c1-2-21-12-15-6-4-3-5-14(15)11-20-17-8-7-13(10-19)9-16(17)18/h3-9,20H,2,11-12H2,1H3. The molecule has 0 atom stereocenters. The Labute approximate surface area is 124 Å². The lowest BCUT2D eigenvalue weighted by molar-refractivity contribution is 0.133. The van der Waals surface area contributed by atoms with E-state index in [2.05, 4.69) is 5.32 Å². The summed E-state index contributed by atoms with van der Waals surface area (Å²) in [5.41, 5.74) is 2.85. The summed E-state index contributed by atoms with van der Waals surface area (Å²) in [6, 6.07) is 14.2. The Balaban J connectivity index is 2.08. The van der Waals surface area contributed by atoms with Crippen molar-refractivity contribution in [2.75, 3.05) is 11.9 Å². The Bertz CT molecular complexity index is 649. The van der Waals surface area contributed by atoms with Crippen LogP contribution in [0.15, 0.2) is 42.5 Å². The third-order valence-corrected chi connectivity index (χ3v) is 3.15. The predicted molar refractivity (Wildman–Crippen MR) is 80.2 cm³/mol. The van der Waals surface area contributed by atoms with Gasteiger partial charge in [0, 0.05) is 13.2 Å². The van der Waals surface area contributed by atoms with Crippen molar-refractivity contribution in [3.8, 4) is 6.07 Å². The van der Waals surface area contributed by atoms with Gasteiger partial charge in [-0.25, -0.2) is 4.39 Å².